The first-order valence-corrected chi connectivity index (χ1v) is 6.43. The van der Waals surface area contributed by atoms with Gasteiger partial charge in [0, 0.05) is 12.3 Å². The molecule has 1 saturated carbocycles. The van der Waals surface area contributed by atoms with Crippen LogP contribution in [0.15, 0.2) is 18.2 Å². The zero-order valence-corrected chi connectivity index (χ0v) is 10.0. The summed E-state index contributed by atoms with van der Waals surface area (Å²) in [4.78, 5) is 15.7. The summed E-state index contributed by atoms with van der Waals surface area (Å²) in [6.45, 7) is 1.63. The molecule has 2 nitrogen and oxygen atoms in total. The van der Waals surface area contributed by atoms with Crippen LogP contribution in [0.5, 0.6) is 0 Å². The van der Waals surface area contributed by atoms with E-state index in [2.05, 4.69) is 11.1 Å². The van der Waals surface area contributed by atoms with E-state index in [9.17, 15) is 4.79 Å². The summed E-state index contributed by atoms with van der Waals surface area (Å²) in [5, 5.41) is 1.27. The third-order valence-corrected chi connectivity index (χ3v) is 4.03. The maximum absolute atomic E-state index is 11.1. The second-order valence-electron chi connectivity index (χ2n) is 4.51. The third-order valence-electron chi connectivity index (χ3n) is 2.85. The molecule has 1 aromatic carbocycles. The summed E-state index contributed by atoms with van der Waals surface area (Å²) in [7, 11) is 0. The lowest BCUT2D eigenvalue weighted by Crippen LogP contribution is -1.95. The highest BCUT2D eigenvalue weighted by Gasteiger charge is 2.26. The molecule has 82 valence electrons. The average molecular weight is 231 g/mol. The fourth-order valence-electron chi connectivity index (χ4n) is 1.89. The highest BCUT2D eigenvalue weighted by atomic mass is 32.1. The van der Waals surface area contributed by atoms with Gasteiger partial charge in [-0.05, 0) is 37.5 Å². The summed E-state index contributed by atoms with van der Waals surface area (Å²) < 4.78 is 1.22. The molecule has 1 heterocycles. The van der Waals surface area contributed by atoms with E-state index >= 15 is 0 Å². The second-order valence-corrected chi connectivity index (χ2v) is 5.57. The smallest absolute Gasteiger partial charge is 0.134 e. The molecule has 1 fully saturated rings. The number of Topliss-reactive ketones (excluding diaryl/α,β-unsaturated/α-hetero) is 1. The molecule has 3 heteroatoms. The van der Waals surface area contributed by atoms with Gasteiger partial charge < -0.3 is 0 Å². The van der Waals surface area contributed by atoms with E-state index < -0.39 is 0 Å². The Morgan fingerprint density at radius 2 is 2.31 bits per heavy atom. The molecule has 0 spiro atoms. The van der Waals surface area contributed by atoms with Crippen molar-refractivity contribution in [1.82, 2.24) is 4.98 Å². The van der Waals surface area contributed by atoms with Crippen molar-refractivity contribution in [2.45, 2.75) is 32.1 Å². The third kappa shape index (κ3) is 1.87. The van der Waals surface area contributed by atoms with E-state index in [0.717, 1.165) is 11.1 Å². The fourth-order valence-corrected chi connectivity index (χ4v) is 3.09. The van der Waals surface area contributed by atoms with E-state index in [1.807, 2.05) is 12.1 Å². The van der Waals surface area contributed by atoms with Crippen LogP contribution in [0.2, 0.25) is 0 Å². The van der Waals surface area contributed by atoms with Crippen LogP contribution in [-0.4, -0.2) is 10.8 Å². The van der Waals surface area contributed by atoms with Gasteiger partial charge in [0.25, 0.3) is 0 Å². The Bertz CT molecular complexity index is 554. The number of carbonyl (C=O) groups is 1. The van der Waals surface area contributed by atoms with E-state index in [1.54, 1.807) is 18.3 Å². The molecule has 3 rings (SSSR count). The fraction of sp³-hybridized carbons (Fsp3) is 0.385. The highest BCUT2D eigenvalue weighted by molar-refractivity contribution is 7.18. The summed E-state index contributed by atoms with van der Waals surface area (Å²) in [6.07, 6.45) is 3.12. The largest absolute Gasteiger partial charge is 0.300 e. The van der Waals surface area contributed by atoms with Gasteiger partial charge in [-0.15, -0.1) is 11.3 Å². The predicted octanol–water partition coefficient (Wildman–Crippen LogP) is 3.31. The topological polar surface area (TPSA) is 30.0 Å². The molecular weight excluding hydrogens is 218 g/mol. The Balaban J connectivity index is 1.99. The average Bonchev–Trinajstić information content (AvgIpc) is 2.98. The molecule has 0 bridgehead atoms. The number of rotatable bonds is 3. The Morgan fingerprint density at radius 1 is 1.50 bits per heavy atom. The molecule has 1 aliphatic rings. The lowest BCUT2D eigenvalue weighted by molar-refractivity contribution is -0.116. The van der Waals surface area contributed by atoms with E-state index in [4.69, 9.17) is 0 Å². The van der Waals surface area contributed by atoms with Gasteiger partial charge in [0.15, 0.2) is 0 Å². The first-order chi connectivity index (χ1) is 7.72. The van der Waals surface area contributed by atoms with Gasteiger partial charge >= 0.3 is 0 Å². The lowest BCUT2D eigenvalue weighted by atomic mass is 10.1. The normalized spacial score (nSPS) is 15.6. The first kappa shape index (κ1) is 9.97. The molecule has 0 radical (unpaired) electrons. The number of fused-ring (bicyclic) bond motifs is 1. The monoisotopic (exact) mass is 231 g/mol. The summed E-state index contributed by atoms with van der Waals surface area (Å²) in [6, 6.07) is 6.16. The van der Waals surface area contributed by atoms with Crippen molar-refractivity contribution in [3.8, 4) is 0 Å². The Kier molecular flexibility index (Phi) is 2.28. The van der Waals surface area contributed by atoms with Crippen LogP contribution in [0.1, 0.15) is 36.3 Å². The molecule has 0 aliphatic heterocycles. The van der Waals surface area contributed by atoms with E-state index in [-0.39, 0.29) is 5.78 Å². The number of carbonyl (C=O) groups excluding carboxylic acids is 1. The van der Waals surface area contributed by atoms with Crippen molar-refractivity contribution < 1.29 is 4.79 Å². The van der Waals surface area contributed by atoms with Crippen LogP contribution in [0.4, 0.5) is 0 Å². The minimum atomic E-state index is 0.214. The number of thiazole rings is 1. The molecule has 0 amide bonds. The molecule has 0 unspecified atom stereocenters. The zero-order chi connectivity index (χ0) is 11.1. The molecule has 1 aromatic heterocycles. The van der Waals surface area contributed by atoms with Crippen LogP contribution in [-0.2, 0) is 11.2 Å². The van der Waals surface area contributed by atoms with Gasteiger partial charge in [-0.2, -0.15) is 0 Å². The van der Waals surface area contributed by atoms with Crippen molar-refractivity contribution in [3.05, 3.63) is 28.8 Å². The van der Waals surface area contributed by atoms with Gasteiger partial charge in [0.2, 0.25) is 0 Å². The molecule has 1 aliphatic carbocycles. The number of benzene rings is 1. The van der Waals surface area contributed by atoms with Crippen molar-refractivity contribution in [2.24, 2.45) is 0 Å². The number of ketones is 1. The maximum Gasteiger partial charge on any atom is 0.134 e. The van der Waals surface area contributed by atoms with Gasteiger partial charge in [-0.1, -0.05) is 6.07 Å². The molecular formula is C13H13NOS. The SMILES string of the molecule is CC(=O)Cc1ccc2nc(C3CC3)sc2c1. The number of nitrogens with zero attached hydrogens (tertiary/aromatic N) is 1. The highest BCUT2D eigenvalue weighted by Crippen LogP contribution is 2.43. The standard InChI is InChI=1S/C13H13NOS/c1-8(15)6-9-2-5-11-12(7-9)16-13(14-11)10-3-4-10/h2,5,7,10H,3-4,6H2,1H3. The Hall–Kier alpha value is -1.22. The van der Waals surface area contributed by atoms with Gasteiger partial charge in [-0.25, -0.2) is 4.98 Å². The van der Waals surface area contributed by atoms with E-state index in [1.165, 1.54) is 22.5 Å². The van der Waals surface area contributed by atoms with Crippen LogP contribution < -0.4 is 0 Å². The van der Waals surface area contributed by atoms with Gasteiger partial charge in [0.05, 0.1) is 15.2 Å². The summed E-state index contributed by atoms with van der Waals surface area (Å²) in [5.41, 5.74) is 2.19. The summed E-state index contributed by atoms with van der Waals surface area (Å²) >= 11 is 1.79. The van der Waals surface area contributed by atoms with Crippen LogP contribution in [0, 0.1) is 0 Å². The summed E-state index contributed by atoms with van der Waals surface area (Å²) in [5.74, 6) is 0.930. The molecule has 0 atom stereocenters. The van der Waals surface area contributed by atoms with Gasteiger partial charge in [-0.3, -0.25) is 4.79 Å². The molecule has 0 N–H and O–H groups in total. The van der Waals surface area contributed by atoms with Crippen molar-refractivity contribution >= 4 is 27.3 Å². The number of aromatic nitrogens is 1. The Morgan fingerprint density at radius 3 is 3.00 bits per heavy atom. The minimum Gasteiger partial charge on any atom is -0.300 e. The predicted molar refractivity (Wildman–Crippen MR) is 66.0 cm³/mol. The first-order valence-electron chi connectivity index (χ1n) is 5.61. The lowest BCUT2D eigenvalue weighted by Gasteiger charge is -1.96. The van der Waals surface area contributed by atoms with Crippen molar-refractivity contribution in [2.75, 3.05) is 0 Å². The number of hydrogen-bond acceptors (Lipinski definition) is 3. The quantitative estimate of drug-likeness (QED) is 0.811. The van der Waals surface area contributed by atoms with Crippen molar-refractivity contribution in [3.63, 3.8) is 0 Å². The van der Waals surface area contributed by atoms with Crippen LogP contribution in [0.3, 0.4) is 0 Å². The van der Waals surface area contributed by atoms with E-state index in [0.29, 0.717) is 12.3 Å². The molecule has 16 heavy (non-hydrogen) atoms. The minimum absolute atomic E-state index is 0.214. The van der Waals surface area contributed by atoms with Crippen LogP contribution >= 0.6 is 11.3 Å². The van der Waals surface area contributed by atoms with Crippen molar-refractivity contribution in [1.29, 1.82) is 0 Å². The number of hydrogen-bond donors (Lipinski definition) is 0. The maximum atomic E-state index is 11.1. The molecule has 2 aromatic rings. The zero-order valence-electron chi connectivity index (χ0n) is 9.19. The second kappa shape index (κ2) is 3.67. The Labute approximate surface area is 98.3 Å². The van der Waals surface area contributed by atoms with Crippen LogP contribution in [0.25, 0.3) is 10.2 Å². The van der Waals surface area contributed by atoms with Gasteiger partial charge in [0.1, 0.15) is 5.78 Å². The molecule has 0 saturated heterocycles.